The number of rotatable bonds is 5. The van der Waals surface area contributed by atoms with Gasteiger partial charge in [0, 0.05) is 24.2 Å². The minimum Gasteiger partial charge on any atom is -0.496 e. The van der Waals surface area contributed by atoms with E-state index in [2.05, 4.69) is 11.8 Å². The molecule has 5 atom stereocenters. The van der Waals surface area contributed by atoms with Crippen molar-refractivity contribution in [1.29, 1.82) is 0 Å². The summed E-state index contributed by atoms with van der Waals surface area (Å²) in [5.74, 6) is 5.88. The first-order chi connectivity index (χ1) is 15.2. The van der Waals surface area contributed by atoms with Crippen LogP contribution in [0.15, 0.2) is 24.0 Å². The number of hydrogen-bond acceptors (Lipinski definition) is 6. The molecule has 3 aliphatic rings. The van der Waals surface area contributed by atoms with Gasteiger partial charge < -0.3 is 18.9 Å². The van der Waals surface area contributed by atoms with Crippen LogP contribution in [-0.2, 0) is 23.8 Å². The molecule has 32 heavy (non-hydrogen) atoms. The van der Waals surface area contributed by atoms with Gasteiger partial charge in [-0.15, -0.1) is 5.92 Å². The lowest BCUT2D eigenvalue weighted by molar-refractivity contribution is -0.149. The molecule has 0 spiro atoms. The topological polar surface area (TPSA) is 71.1 Å². The van der Waals surface area contributed by atoms with Gasteiger partial charge in [0.2, 0.25) is 0 Å². The van der Waals surface area contributed by atoms with E-state index in [1.807, 2.05) is 18.2 Å². The van der Waals surface area contributed by atoms with Gasteiger partial charge in [-0.1, -0.05) is 5.92 Å². The van der Waals surface area contributed by atoms with Crippen molar-refractivity contribution >= 4 is 17.3 Å². The molecule has 2 bridgehead atoms. The van der Waals surface area contributed by atoms with E-state index in [0.29, 0.717) is 29.3 Å². The Balaban J connectivity index is 1.82. The lowest BCUT2D eigenvalue weighted by Crippen LogP contribution is -2.37. The lowest BCUT2D eigenvalue weighted by atomic mass is 9.75. The van der Waals surface area contributed by atoms with Crippen LogP contribution in [0.4, 0.5) is 0 Å². The van der Waals surface area contributed by atoms with E-state index in [1.165, 1.54) is 0 Å². The molecular weight excluding hydrogens is 408 g/mol. The molecule has 0 unspecified atom stereocenters. The second kappa shape index (κ2) is 8.38. The van der Waals surface area contributed by atoms with Crippen molar-refractivity contribution in [2.75, 3.05) is 20.8 Å². The first-order valence-electron chi connectivity index (χ1n) is 11.0. The third-order valence-corrected chi connectivity index (χ3v) is 6.51. The summed E-state index contributed by atoms with van der Waals surface area (Å²) in [6.07, 6.45) is 0.360. The number of methoxy groups -OCH3 is 2. The van der Waals surface area contributed by atoms with E-state index in [4.69, 9.17) is 18.9 Å². The fraction of sp³-hybridized carbons (Fsp3) is 0.538. The van der Waals surface area contributed by atoms with Gasteiger partial charge in [-0.3, -0.25) is 9.59 Å². The zero-order chi connectivity index (χ0) is 23.2. The van der Waals surface area contributed by atoms with E-state index < -0.39 is 5.41 Å². The lowest BCUT2D eigenvalue weighted by Gasteiger charge is -2.28. The van der Waals surface area contributed by atoms with Crippen LogP contribution < -0.4 is 4.74 Å². The van der Waals surface area contributed by atoms with Gasteiger partial charge >= 0.3 is 5.97 Å². The fourth-order valence-electron chi connectivity index (χ4n) is 5.08. The van der Waals surface area contributed by atoms with Crippen molar-refractivity contribution in [2.24, 2.45) is 23.2 Å². The zero-order valence-electron chi connectivity index (χ0n) is 19.5. The molecule has 1 aromatic carbocycles. The fourth-order valence-corrected chi connectivity index (χ4v) is 5.08. The maximum atomic E-state index is 13.8. The van der Waals surface area contributed by atoms with Crippen molar-refractivity contribution in [3.8, 4) is 17.6 Å². The summed E-state index contributed by atoms with van der Waals surface area (Å²) >= 11 is 0. The number of allylic oxidation sites excluding steroid dienone is 1. The smallest absolute Gasteiger partial charge is 0.316 e. The van der Waals surface area contributed by atoms with Gasteiger partial charge in [0.05, 0.1) is 48.7 Å². The van der Waals surface area contributed by atoms with Crippen molar-refractivity contribution in [3.63, 3.8) is 0 Å². The summed E-state index contributed by atoms with van der Waals surface area (Å²) < 4.78 is 23.1. The second-order valence-electron chi connectivity index (χ2n) is 9.67. The van der Waals surface area contributed by atoms with Crippen molar-refractivity contribution < 1.29 is 28.5 Å². The van der Waals surface area contributed by atoms with Gasteiger partial charge in [0.1, 0.15) is 11.5 Å². The third-order valence-electron chi connectivity index (χ3n) is 6.51. The molecule has 0 saturated carbocycles. The number of fused-ring (bicyclic) bond motifs is 5. The molecule has 1 aromatic rings. The Morgan fingerprint density at radius 2 is 1.97 bits per heavy atom. The van der Waals surface area contributed by atoms with Gasteiger partial charge in [-0.25, -0.2) is 0 Å². The predicted octanol–water partition coefficient (Wildman–Crippen LogP) is 3.62. The van der Waals surface area contributed by atoms with Crippen LogP contribution in [0.1, 0.15) is 45.2 Å². The number of Topliss-reactive ketones (excluding diaryl/α,β-unsaturated/α-hetero) is 1. The molecule has 2 saturated heterocycles. The molecule has 170 valence electrons. The zero-order valence-corrected chi connectivity index (χ0v) is 19.5. The molecule has 2 fully saturated rings. The highest BCUT2D eigenvalue weighted by molar-refractivity contribution is 6.26. The summed E-state index contributed by atoms with van der Waals surface area (Å²) in [5, 5.41) is 0. The largest absolute Gasteiger partial charge is 0.496 e. The number of carbonyl (C=O) groups is 2. The molecule has 1 aliphatic carbocycles. The standard InChI is InChI=1S/C26H30O6/c1-7-8-14-9-10-16(17(11-14)30-6)19-22(27)21-20(24(19)32-25(28)26(2,3)4)18-12-15(13-29-5)23(21)31-18/h9-11,15,18,20-21,23H,12-13H2,1-6H3/t15-,18+,20+,21-,23-/m1/s1. The molecule has 2 aliphatic heterocycles. The van der Waals surface area contributed by atoms with E-state index in [9.17, 15) is 9.59 Å². The molecule has 0 N–H and O–H groups in total. The highest BCUT2D eigenvalue weighted by Gasteiger charge is 2.63. The molecular formula is C26H30O6. The Hall–Kier alpha value is -2.62. The average molecular weight is 439 g/mol. The average Bonchev–Trinajstić information content (AvgIpc) is 3.39. The van der Waals surface area contributed by atoms with Crippen molar-refractivity contribution in [1.82, 2.24) is 0 Å². The molecule has 6 nitrogen and oxygen atoms in total. The number of carbonyl (C=O) groups excluding carboxylic acids is 2. The van der Waals surface area contributed by atoms with Gasteiger partial charge in [0.15, 0.2) is 5.78 Å². The number of esters is 1. The minimum atomic E-state index is -0.707. The number of hydrogen-bond donors (Lipinski definition) is 0. The summed E-state index contributed by atoms with van der Waals surface area (Å²) in [7, 11) is 3.22. The molecule has 4 rings (SSSR count). The Kier molecular flexibility index (Phi) is 5.91. The first kappa shape index (κ1) is 22.6. The molecule has 0 aromatic heterocycles. The third kappa shape index (κ3) is 3.64. The van der Waals surface area contributed by atoms with E-state index in [1.54, 1.807) is 41.9 Å². The Labute approximate surface area is 189 Å². The van der Waals surface area contributed by atoms with Crippen molar-refractivity contribution in [3.05, 3.63) is 35.1 Å². The highest BCUT2D eigenvalue weighted by Crippen LogP contribution is 2.57. The van der Waals surface area contributed by atoms with Crippen LogP contribution in [0.25, 0.3) is 5.57 Å². The molecule has 6 heteroatoms. The normalized spacial score (nSPS) is 28.4. The number of benzene rings is 1. The Morgan fingerprint density at radius 3 is 2.59 bits per heavy atom. The van der Waals surface area contributed by atoms with E-state index in [-0.39, 0.29) is 41.7 Å². The maximum absolute atomic E-state index is 13.8. The number of ketones is 1. The molecule has 0 radical (unpaired) electrons. The first-order valence-corrected chi connectivity index (χ1v) is 11.0. The van der Waals surface area contributed by atoms with E-state index >= 15 is 0 Å². The van der Waals surface area contributed by atoms with E-state index in [0.717, 1.165) is 12.0 Å². The Morgan fingerprint density at radius 1 is 1.22 bits per heavy atom. The van der Waals surface area contributed by atoms with Crippen molar-refractivity contribution in [2.45, 2.75) is 46.3 Å². The van der Waals surface area contributed by atoms with Crippen LogP contribution in [-0.4, -0.2) is 44.8 Å². The quantitative estimate of drug-likeness (QED) is 0.517. The van der Waals surface area contributed by atoms with Gasteiger partial charge in [-0.2, -0.15) is 0 Å². The van der Waals surface area contributed by atoms with Crippen LogP contribution in [0, 0.1) is 35.0 Å². The summed E-state index contributed by atoms with van der Waals surface area (Å²) in [4.78, 5) is 26.7. The van der Waals surface area contributed by atoms with Gasteiger partial charge in [-0.05, 0) is 52.3 Å². The maximum Gasteiger partial charge on any atom is 0.316 e. The van der Waals surface area contributed by atoms with Gasteiger partial charge in [0.25, 0.3) is 0 Å². The summed E-state index contributed by atoms with van der Waals surface area (Å²) in [5.41, 5.74) is 1.12. The summed E-state index contributed by atoms with van der Waals surface area (Å²) in [6.45, 7) is 7.70. The van der Waals surface area contributed by atoms with Crippen LogP contribution in [0.5, 0.6) is 5.75 Å². The predicted molar refractivity (Wildman–Crippen MR) is 119 cm³/mol. The van der Waals surface area contributed by atoms with Crippen LogP contribution >= 0.6 is 0 Å². The Bertz CT molecular complexity index is 1030. The highest BCUT2D eigenvalue weighted by atomic mass is 16.6. The summed E-state index contributed by atoms with van der Waals surface area (Å²) in [6, 6.07) is 5.49. The second-order valence-corrected chi connectivity index (χ2v) is 9.67. The van der Waals surface area contributed by atoms with Crippen LogP contribution in [0.2, 0.25) is 0 Å². The SMILES string of the molecule is CC#Cc1ccc(C2=C(OC(=O)C(C)(C)C)[C@@H]3[C@H](C2=O)[C@@H]2O[C@H]3C[C@@H]2COC)c(OC)c1. The number of ether oxygens (including phenoxy) is 4. The monoisotopic (exact) mass is 438 g/mol. The van der Waals surface area contributed by atoms with Crippen LogP contribution in [0.3, 0.4) is 0 Å². The molecule has 2 heterocycles. The molecule has 0 amide bonds. The minimum absolute atomic E-state index is 0.0624.